The molecule has 26 heavy (non-hydrogen) atoms. The summed E-state index contributed by atoms with van der Waals surface area (Å²) in [4.78, 5) is 13.7. The topological polar surface area (TPSA) is 20.3 Å². The second kappa shape index (κ2) is 7.11. The molecule has 2 aromatic rings. The summed E-state index contributed by atoms with van der Waals surface area (Å²) in [6.45, 7) is 6.96. The summed E-state index contributed by atoms with van der Waals surface area (Å²) in [5.41, 5.74) is 5.19. The Morgan fingerprint density at radius 1 is 1.04 bits per heavy atom. The highest BCUT2D eigenvalue weighted by molar-refractivity contribution is 5.98. The number of carbonyl (C=O) groups excluding carboxylic acids is 1. The summed E-state index contributed by atoms with van der Waals surface area (Å²) in [5.74, 6) is 0.0396. The molecule has 0 fully saturated rings. The van der Waals surface area contributed by atoms with Crippen LogP contribution in [0.1, 0.15) is 56.0 Å². The number of fused-ring (bicyclic) bond motifs is 1. The lowest BCUT2D eigenvalue weighted by atomic mass is 9.72. The minimum absolute atomic E-state index is 0.0396. The lowest BCUT2D eigenvalue weighted by Gasteiger charge is -2.32. The average molecular weight is 348 g/mol. The lowest BCUT2D eigenvalue weighted by molar-refractivity contribution is 0.0828. The SMILES string of the molecule is CC1=C(/C=C/c2ccc3cc(C(=O)N(C)C)ccc3c2)C(C)(C)CCC1. The van der Waals surface area contributed by atoms with Gasteiger partial charge in [0.1, 0.15) is 0 Å². The first-order valence-corrected chi connectivity index (χ1v) is 9.42. The predicted octanol–water partition coefficient (Wildman–Crippen LogP) is 6.08. The van der Waals surface area contributed by atoms with E-state index in [4.69, 9.17) is 0 Å². The molecule has 0 aliphatic heterocycles. The van der Waals surface area contributed by atoms with Crippen LogP contribution in [-0.4, -0.2) is 24.9 Å². The highest BCUT2D eigenvalue weighted by Crippen LogP contribution is 2.41. The zero-order valence-electron chi connectivity index (χ0n) is 16.6. The Bertz CT molecular complexity index is 900. The van der Waals surface area contributed by atoms with Gasteiger partial charge < -0.3 is 4.90 Å². The van der Waals surface area contributed by atoms with Gasteiger partial charge in [-0.3, -0.25) is 4.79 Å². The normalized spacial score (nSPS) is 17.1. The van der Waals surface area contributed by atoms with Crippen molar-refractivity contribution in [3.63, 3.8) is 0 Å². The first-order valence-electron chi connectivity index (χ1n) is 9.42. The maximum absolute atomic E-state index is 12.1. The molecule has 0 bridgehead atoms. The van der Waals surface area contributed by atoms with Crippen molar-refractivity contribution >= 4 is 22.8 Å². The van der Waals surface area contributed by atoms with E-state index in [1.54, 1.807) is 19.0 Å². The smallest absolute Gasteiger partial charge is 0.253 e. The first-order chi connectivity index (χ1) is 12.3. The fourth-order valence-corrected chi connectivity index (χ4v) is 3.95. The quantitative estimate of drug-likeness (QED) is 0.659. The number of nitrogens with zero attached hydrogens (tertiary/aromatic N) is 1. The zero-order chi connectivity index (χ0) is 18.9. The molecule has 1 aliphatic rings. The highest BCUT2D eigenvalue weighted by atomic mass is 16.2. The minimum Gasteiger partial charge on any atom is -0.345 e. The monoisotopic (exact) mass is 347 g/mol. The Morgan fingerprint density at radius 3 is 2.42 bits per heavy atom. The van der Waals surface area contributed by atoms with E-state index in [1.165, 1.54) is 36.0 Å². The Kier molecular flexibility index (Phi) is 5.04. The Hall–Kier alpha value is -2.35. The molecule has 0 N–H and O–H groups in total. The average Bonchev–Trinajstić information content (AvgIpc) is 2.59. The van der Waals surface area contributed by atoms with Crippen molar-refractivity contribution in [2.75, 3.05) is 14.1 Å². The summed E-state index contributed by atoms with van der Waals surface area (Å²) >= 11 is 0. The van der Waals surface area contributed by atoms with E-state index in [0.29, 0.717) is 0 Å². The molecule has 0 atom stereocenters. The second-order valence-corrected chi connectivity index (χ2v) is 8.29. The van der Waals surface area contributed by atoms with Crippen molar-refractivity contribution in [1.29, 1.82) is 0 Å². The van der Waals surface area contributed by atoms with Crippen molar-refractivity contribution < 1.29 is 4.79 Å². The van der Waals surface area contributed by atoms with Crippen LogP contribution < -0.4 is 0 Å². The van der Waals surface area contributed by atoms with Crippen LogP contribution in [0.4, 0.5) is 0 Å². The van der Waals surface area contributed by atoms with Crippen LogP contribution >= 0.6 is 0 Å². The standard InChI is InChI=1S/C24H29NO/c1-17-7-6-14-24(2,3)22(17)13-9-18-8-10-20-16-21(23(26)25(4)5)12-11-19(20)15-18/h8-13,15-16H,6-7,14H2,1-5H3/b13-9+. The molecule has 136 valence electrons. The minimum atomic E-state index is 0.0396. The number of hydrogen-bond acceptors (Lipinski definition) is 1. The van der Waals surface area contributed by atoms with Gasteiger partial charge in [-0.15, -0.1) is 0 Å². The molecule has 0 saturated carbocycles. The highest BCUT2D eigenvalue weighted by Gasteiger charge is 2.26. The van der Waals surface area contributed by atoms with Crippen molar-refractivity contribution in [2.45, 2.75) is 40.0 Å². The van der Waals surface area contributed by atoms with Crippen molar-refractivity contribution in [3.8, 4) is 0 Å². The molecule has 0 unspecified atom stereocenters. The second-order valence-electron chi connectivity index (χ2n) is 8.29. The molecule has 0 spiro atoms. The Balaban J connectivity index is 1.90. The van der Waals surface area contributed by atoms with E-state index >= 15 is 0 Å². The van der Waals surface area contributed by atoms with Gasteiger partial charge in [0.05, 0.1) is 0 Å². The molecule has 2 nitrogen and oxygen atoms in total. The summed E-state index contributed by atoms with van der Waals surface area (Å²) in [6, 6.07) is 12.4. The van der Waals surface area contributed by atoms with Crippen molar-refractivity contribution in [2.24, 2.45) is 5.41 Å². The lowest BCUT2D eigenvalue weighted by Crippen LogP contribution is -2.21. The molecule has 0 aromatic heterocycles. The molecule has 1 amide bonds. The third-order valence-electron chi connectivity index (χ3n) is 5.50. The van der Waals surface area contributed by atoms with E-state index in [1.807, 2.05) is 18.2 Å². The van der Waals surface area contributed by atoms with E-state index in [-0.39, 0.29) is 11.3 Å². The summed E-state index contributed by atoms with van der Waals surface area (Å²) in [6.07, 6.45) is 8.29. The van der Waals surface area contributed by atoms with Crippen LogP contribution in [0.5, 0.6) is 0 Å². The van der Waals surface area contributed by atoms with E-state index in [0.717, 1.165) is 16.3 Å². The van der Waals surface area contributed by atoms with Crippen LogP contribution in [0, 0.1) is 5.41 Å². The van der Waals surface area contributed by atoms with E-state index in [9.17, 15) is 4.79 Å². The number of allylic oxidation sites excluding steroid dienone is 3. The summed E-state index contributed by atoms with van der Waals surface area (Å²) in [7, 11) is 3.56. The third-order valence-corrected chi connectivity index (χ3v) is 5.50. The summed E-state index contributed by atoms with van der Waals surface area (Å²) < 4.78 is 0. The number of amides is 1. The molecule has 0 radical (unpaired) electrons. The molecule has 1 aliphatic carbocycles. The van der Waals surface area contributed by atoms with Crippen LogP contribution in [-0.2, 0) is 0 Å². The predicted molar refractivity (Wildman–Crippen MR) is 111 cm³/mol. The molecular formula is C24H29NO. The first kappa shape index (κ1) is 18.4. The molecule has 2 heteroatoms. The van der Waals surface area contributed by atoms with E-state index < -0.39 is 0 Å². The zero-order valence-corrected chi connectivity index (χ0v) is 16.6. The van der Waals surface area contributed by atoms with Gasteiger partial charge in [-0.05, 0) is 71.7 Å². The van der Waals surface area contributed by atoms with Gasteiger partial charge in [-0.25, -0.2) is 0 Å². The van der Waals surface area contributed by atoms with Gasteiger partial charge in [0, 0.05) is 19.7 Å². The van der Waals surface area contributed by atoms with Crippen LogP contribution in [0.15, 0.2) is 53.6 Å². The van der Waals surface area contributed by atoms with Crippen LogP contribution in [0.3, 0.4) is 0 Å². The van der Waals surface area contributed by atoms with Gasteiger partial charge in [-0.2, -0.15) is 0 Å². The van der Waals surface area contributed by atoms with Crippen LogP contribution in [0.2, 0.25) is 0 Å². The fourth-order valence-electron chi connectivity index (χ4n) is 3.95. The van der Waals surface area contributed by atoms with Gasteiger partial charge in [0.15, 0.2) is 0 Å². The maximum Gasteiger partial charge on any atom is 0.253 e. The maximum atomic E-state index is 12.1. The molecule has 2 aromatic carbocycles. The van der Waals surface area contributed by atoms with Gasteiger partial charge in [0.25, 0.3) is 5.91 Å². The van der Waals surface area contributed by atoms with Gasteiger partial charge in [0.2, 0.25) is 0 Å². The fraction of sp³-hybridized carbons (Fsp3) is 0.375. The van der Waals surface area contributed by atoms with Gasteiger partial charge >= 0.3 is 0 Å². The Labute approximate surface area is 157 Å². The van der Waals surface area contributed by atoms with Crippen LogP contribution in [0.25, 0.3) is 16.8 Å². The molecule has 3 rings (SSSR count). The van der Waals surface area contributed by atoms with E-state index in [2.05, 4.69) is 51.1 Å². The molecular weight excluding hydrogens is 318 g/mol. The molecule has 0 heterocycles. The largest absolute Gasteiger partial charge is 0.345 e. The van der Waals surface area contributed by atoms with Gasteiger partial charge in [-0.1, -0.05) is 49.8 Å². The molecule has 0 saturated heterocycles. The van der Waals surface area contributed by atoms with Crippen molar-refractivity contribution in [1.82, 2.24) is 4.90 Å². The number of carbonyl (C=O) groups is 1. The number of benzene rings is 2. The summed E-state index contributed by atoms with van der Waals surface area (Å²) in [5, 5.41) is 2.26. The number of rotatable bonds is 3. The number of hydrogen-bond donors (Lipinski definition) is 0. The third kappa shape index (κ3) is 3.75. The Morgan fingerprint density at radius 2 is 1.73 bits per heavy atom. The van der Waals surface area contributed by atoms with Crippen molar-refractivity contribution in [3.05, 3.63) is 64.7 Å².